The summed E-state index contributed by atoms with van der Waals surface area (Å²) in [6.07, 6.45) is 2.36. The normalized spacial score (nSPS) is 14.8. The van der Waals surface area contributed by atoms with E-state index in [-0.39, 0.29) is 0 Å². The molecule has 0 bridgehead atoms. The molecule has 1 fully saturated rings. The lowest BCUT2D eigenvalue weighted by molar-refractivity contribution is 0.411. The minimum absolute atomic E-state index is 0.373. The van der Waals surface area contributed by atoms with Gasteiger partial charge in [-0.1, -0.05) is 12.1 Å². The van der Waals surface area contributed by atoms with Crippen LogP contribution in [0.3, 0.4) is 0 Å². The Balaban J connectivity index is 2.09. The highest BCUT2D eigenvalue weighted by molar-refractivity contribution is 5.46. The van der Waals surface area contributed by atoms with E-state index < -0.39 is 0 Å². The van der Waals surface area contributed by atoms with E-state index in [0.29, 0.717) is 12.5 Å². The average Bonchev–Trinajstić information content (AvgIpc) is 3.18. The predicted molar refractivity (Wildman–Crippen MR) is 67.8 cm³/mol. The fourth-order valence-electron chi connectivity index (χ4n) is 2.01. The number of hydrogen-bond donors (Lipinski definition) is 1. The Hall–Kier alpha value is -1.88. The maximum Gasteiger partial charge on any atom is 0.154 e. The lowest BCUT2D eigenvalue weighted by Crippen LogP contribution is -2.09. The summed E-state index contributed by atoms with van der Waals surface area (Å²) in [5.41, 5.74) is 6.64. The van der Waals surface area contributed by atoms with Crippen molar-refractivity contribution in [3.63, 3.8) is 0 Å². The lowest BCUT2D eigenvalue weighted by atomic mass is 10.3. The maximum absolute atomic E-state index is 5.75. The van der Waals surface area contributed by atoms with Crippen LogP contribution in [0, 0.1) is 0 Å². The Bertz CT molecular complexity index is 560. The average molecular weight is 244 g/mol. The predicted octanol–water partition coefficient (Wildman–Crippen LogP) is 1.61. The van der Waals surface area contributed by atoms with Crippen LogP contribution in [0.25, 0.3) is 5.69 Å². The van der Waals surface area contributed by atoms with Gasteiger partial charge in [0.05, 0.1) is 13.7 Å². The molecular weight excluding hydrogens is 228 g/mol. The van der Waals surface area contributed by atoms with Gasteiger partial charge in [0.2, 0.25) is 0 Å². The summed E-state index contributed by atoms with van der Waals surface area (Å²) < 4.78 is 7.15. The molecule has 5 heteroatoms. The molecular formula is C13H16N4O. The first-order valence-electron chi connectivity index (χ1n) is 6.12. The number of benzene rings is 1. The summed E-state index contributed by atoms with van der Waals surface area (Å²) >= 11 is 0. The fraction of sp³-hybridized carbons (Fsp3) is 0.385. The first-order valence-corrected chi connectivity index (χ1v) is 6.12. The highest BCUT2D eigenvalue weighted by atomic mass is 16.5. The van der Waals surface area contributed by atoms with Gasteiger partial charge in [-0.2, -0.15) is 5.10 Å². The van der Waals surface area contributed by atoms with Crippen molar-refractivity contribution in [3.8, 4) is 11.4 Å². The molecule has 0 unspecified atom stereocenters. The van der Waals surface area contributed by atoms with Crippen molar-refractivity contribution in [3.05, 3.63) is 35.9 Å². The van der Waals surface area contributed by atoms with Gasteiger partial charge in [0.25, 0.3) is 0 Å². The molecule has 0 aliphatic heterocycles. The van der Waals surface area contributed by atoms with E-state index in [1.165, 1.54) is 12.8 Å². The zero-order chi connectivity index (χ0) is 12.5. The van der Waals surface area contributed by atoms with Gasteiger partial charge in [-0.05, 0) is 25.0 Å². The molecule has 0 atom stereocenters. The van der Waals surface area contributed by atoms with Gasteiger partial charge in [0.15, 0.2) is 5.82 Å². The summed E-state index contributed by atoms with van der Waals surface area (Å²) in [6, 6.07) is 7.76. The number of methoxy groups -OCH3 is 1. The van der Waals surface area contributed by atoms with Crippen LogP contribution in [0.1, 0.15) is 30.4 Å². The van der Waals surface area contributed by atoms with E-state index in [0.717, 1.165) is 23.1 Å². The zero-order valence-electron chi connectivity index (χ0n) is 10.3. The number of nitrogens with two attached hydrogens (primary N) is 1. The summed E-state index contributed by atoms with van der Waals surface area (Å²) in [5.74, 6) is 2.98. The van der Waals surface area contributed by atoms with Gasteiger partial charge in [0.1, 0.15) is 17.3 Å². The van der Waals surface area contributed by atoms with Crippen LogP contribution in [0.15, 0.2) is 24.3 Å². The molecule has 18 heavy (non-hydrogen) atoms. The van der Waals surface area contributed by atoms with Gasteiger partial charge in [-0.3, -0.25) is 0 Å². The second-order valence-electron chi connectivity index (χ2n) is 4.45. The molecule has 2 N–H and O–H groups in total. The van der Waals surface area contributed by atoms with Crippen LogP contribution in [0.2, 0.25) is 0 Å². The minimum atomic E-state index is 0.373. The Morgan fingerprint density at radius 2 is 2.17 bits per heavy atom. The van der Waals surface area contributed by atoms with Crippen LogP contribution < -0.4 is 10.5 Å². The minimum Gasteiger partial charge on any atom is -0.494 e. The molecule has 1 aliphatic rings. The third-order valence-corrected chi connectivity index (χ3v) is 3.13. The third-order valence-electron chi connectivity index (χ3n) is 3.13. The highest BCUT2D eigenvalue weighted by Gasteiger charge is 2.29. The Morgan fingerprint density at radius 3 is 2.83 bits per heavy atom. The maximum atomic E-state index is 5.75. The second-order valence-corrected chi connectivity index (χ2v) is 4.45. The summed E-state index contributed by atoms with van der Waals surface area (Å²) in [5, 5.41) is 4.57. The molecule has 2 aromatic rings. The van der Waals surface area contributed by atoms with Crippen LogP contribution in [0.5, 0.6) is 5.75 Å². The van der Waals surface area contributed by atoms with Crippen LogP contribution in [0.4, 0.5) is 0 Å². The van der Waals surface area contributed by atoms with Crippen molar-refractivity contribution in [2.45, 2.75) is 25.3 Å². The van der Waals surface area contributed by atoms with Crippen molar-refractivity contribution >= 4 is 0 Å². The van der Waals surface area contributed by atoms with Crippen molar-refractivity contribution in [1.29, 1.82) is 0 Å². The SMILES string of the molecule is COc1ccccc1-n1nc(C2CC2)nc1CN. The molecule has 1 aromatic carbocycles. The number of aromatic nitrogens is 3. The van der Waals surface area contributed by atoms with E-state index in [9.17, 15) is 0 Å². The summed E-state index contributed by atoms with van der Waals surface area (Å²) in [7, 11) is 1.65. The molecule has 0 saturated heterocycles. The fourth-order valence-corrected chi connectivity index (χ4v) is 2.01. The Kier molecular flexibility index (Phi) is 2.76. The van der Waals surface area contributed by atoms with Crippen molar-refractivity contribution < 1.29 is 4.74 Å². The van der Waals surface area contributed by atoms with Crippen LogP contribution in [-0.2, 0) is 6.54 Å². The van der Waals surface area contributed by atoms with E-state index in [1.54, 1.807) is 11.8 Å². The largest absolute Gasteiger partial charge is 0.494 e. The van der Waals surface area contributed by atoms with Gasteiger partial charge in [-0.15, -0.1) is 0 Å². The lowest BCUT2D eigenvalue weighted by Gasteiger charge is -2.09. The third kappa shape index (κ3) is 1.86. The van der Waals surface area contributed by atoms with E-state index >= 15 is 0 Å². The molecule has 1 aromatic heterocycles. The van der Waals surface area contributed by atoms with Gasteiger partial charge in [-0.25, -0.2) is 9.67 Å². The molecule has 0 radical (unpaired) electrons. The van der Waals surface area contributed by atoms with Gasteiger partial charge < -0.3 is 10.5 Å². The molecule has 1 heterocycles. The van der Waals surface area contributed by atoms with E-state index in [4.69, 9.17) is 10.5 Å². The van der Waals surface area contributed by atoms with Crippen LogP contribution >= 0.6 is 0 Å². The molecule has 1 aliphatic carbocycles. The first kappa shape index (κ1) is 11.2. The standard InChI is InChI=1S/C13H16N4O/c1-18-11-5-3-2-4-10(11)17-12(8-14)15-13(16-17)9-6-7-9/h2-5,9H,6-8,14H2,1H3. The first-order chi connectivity index (χ1) is 8.83. The monoisotopic (exact) mass is 244 g/mol. The molecule has 94 valence electrons. The number of rotatable bonds is 4. The van der Waals surface area contributed by atoms with Gasteiger partial charge in [0, 0.05) is 5.92 Å². The summed E-state index contributed by atoms with van der Waals surface area (Å²) in [4.78, 5) is 4.51. The number of para-hydroxylation sites is 2. The highest BCUT2D eigenvalue weighted by Crippen LogP contribution is 2.38. The zero-order valence-corrected chi connectivity index (χ0v) is 10.3. The Morgan fingerprint density at radius 1 is 1.39 bits per heavy atom. The number of hydrogen-bond acceptors (Lipinski definition) is 4. The number of ether oxygens (including phenoxy) is 1. The molecule has 0 amide bonds. The quantitative estimate of drug-likeness (QED) is 0.887. The smallest absolute Gasteiger partial charge is 0.154 e. The van der Waals surface area contributed by atoms with Gasteiger partial charge >= 0.3 is 0 Å². The molecule has 0 spiro atoms. The van der Waals surface area contributed by atoms with Crippen molar-refractivity contribution in [2.75, 3.05) is 7.11 Å². The van der Waals surface area contributed by atoms with E-state index in [2.05, 4.69) is 10.1 Å². The van der Waals surface area contributed by atoms with Crippen LogP contribution in [-0.4, -0.2) is 21.9 Å². The van der Waals surface area contributed by atoms with E-state index in [1.807, 2.05) is 24.3 Å². The summed E-state index contributed by atoms with van der Waals surface area (Å²) in [6.45, 7) is 0.373. The number of nitrogens with zero attached hydrogens (tertiary/aromatic N) is 3. The second kappa shape index (κ2) is 4.42. The molecule has 3 rings (SSSR count). The Labute approximate surface area is 106 Å². The molecule has 5 nitrogen and oxygen atoms in total. The topological polar surface area (TPSA) is 66.0 Å². The van der Waals surface area contributed by atoms with Crippen molar-refractivity contribution in [2.24, 2.45) is 5.73 Å². The van der Waals surface area contributed by atoms with Crippen molar-refractivity contribution in [1.82, 2.24) is 14.8 Å². The molecule has 1 saturated carbocycles.